The van der Waals surface area contributed by atoms with E-state index in [1.54, 1.807) is 35.9 Å². The largest absolute Gasteiger partial charge is 0.477 e. The maximum absolute atomic E-state index is 11.1. The summed E-state index contributed by atoms with van der Waals surface area (Å²) in [5.41, 5.74) is 9.55. The predicted molar refractivity (Wildman–Crippen MR) is 103 cm³/mol. The molecule has 0 aliphatic heterocycles. The van der Waals surface area contributed by atoms with E-state index >= 15 is 0 Å². The van der Waals surface area contributed by atoms with Gasteiger partial charge >= 0.3 is 5.97 Å². The van der Waals surface area contributed by atoms with Crippen molar-refractivity contribution in [2.24, 2.45) is 5.10 Å². The van der Waals surface area contributed by atoms with Crippen molar-refractivity contribution in [2.75, 3.05) is 11.2 Å². The van der Waals surface area contributed by atoms with Crippen LogP contribution in [0.5, 0.6) is 0 Å². The molecule has 4 N–H and O–H groups in total. The number of aromatic nitrogens is 1. The summed E-state index contributed by atoms with van der Waals surface area (Å²) in [4.78, 5) is 25.5. The van der Waals surface area contributed by atoms with Gasteiger partial charge in [-0.05, 0) is 22.8 Å². The maximum atomic E-state index is 11.1. The molecule has 10 heteroatoms. The monoisotopic (exact) mass is 383 g/mol. The molecule has 0 spiro atoms. The van der Waals surface area contributed by atoms with Crippen LogP contribution < -0.4 is 11.2 Å². The summed E-state index contributed by atoms with van der Waals surface area (Å²) in [6.45, 7) is 0. The second-order valence-corrected chi connectivity index (χ2v) is 6.22. The molecular formula is C17H13N5O4S. The number of rotatable bonds is 6. The summed E-state index contributed by atoms with van der Waals surface area (Å²) in [7, 11) is 0. The first-order valence-corrected chi connectivity index (χ1v) is 8.44. The number of hydrogen-bond donors (Lipinski definition) is 3. The number of hydrazone groups is 1. The van der Waals surface area contributed by atoms with Crippen LogP contribution in [0.25, 0.3) is 11.1 Å². The molecule has 0 saturated carbocycles. The number of hydrogen-bond acceptors (Lipinski definition) is 8. The Morgan fingerprint density at radius 2 is 1.96 bits per heavy atom. The van der Waals surface area contributed by atoms with Crippen LogP contribution in [0.15, 0.2) is 52.9 Å². The summed E-state index contributed by atoms with van der Waals surface area (Å²) in [6.07, 6.45) is 1.59. The van der Waals surface area contributed by atoms with Crippen molar-refractivity contribution in [1.29, 1.82) is 0 Å². The third-order valence-electron chi connectivity index (χ3n) is 3.56. The number of nitrogens with one attached hydrogen (secondary N) is 1. The molecule has 3 aromatic rings. The smallest absolute Gasteiger partial charge is 0.342 e. The fraction of sp³-hybridized carbons (Fsp3) is 0. The molecule has 0 radical (unpaired) electrons. The Hall–Kier alpha value is -3.79. The number of nitrogens with two attached hydrogens (primary N) is 1. The van der Waals surface area contributed by atoms with Gasteiger partial charge in [0.2, 0.25) is 5.13 Å². The van der Waals surface area contributed by atoms with Gasteiger partial charge in [0.05, 0.1) is 11.1 Å². The zero-order chi connectivity index (χ0) is 19.4. The lowest BCUT2D eigenvalue weighted by Gasteiger charge is -2.04. The molecule has 1 aromatic heterocycles. The summed E-state index contributed by atoms with van der Waals surface area (Å²) < 4.78 is 0. The Labute approximate surface area is 156 Å². The van der Waals surface area contributed by atoms with Crippen LogP contribution in [0.3, 0.4) is 0 Å². The van der Waals surface area contributed by atoms with Crippen molar-refractivity contribution in [1.82, 2.24) is 4.98 Å². The van der Waals surface area contributed by atoms with Crippen molar-refractivity contribution in [3.8, 4) is 11.1 Å². The molecule has 0 aliphatic rings. The highest BCUT2D eigenvalue weighted by molar-refractivity contribution is 7.14. The molecule has 3 rings (SSSR count). The van der Waals surface area contributed by atoms with E-state index in [0.717, 1.165) is 5.56 Å². The number of carboxylic acids is 1. The van der Waals surface area contributed by atoms with E-state index in [1.807, 2.05) is 0 Å². The fourth-order valence-electron chi connectivity index (χ4n) is 2.30. The van der Waals surface area contributed by atoms with Crippen LogP contribution in [0.2, 0.25) is 0 Å². The first-order valence-electron chi connectivity index (χ1n) is 7.56. The number of carboxylic acid groups (broad SMARTS) is 1. The van der Waals surface area contributed by atoms with Gasteiger partial charge in [0.25, 0.3) is 5.69 Å². The van der Waals surface area contributed by atoms with Gasteiger partial charge in [0.1, 0.15) is 11.4 Å². The zero-order valence-corrected chi connectivity index (χ0v) is 14.5. The quantitative estimate of drug-likeness (QED) is 0.336. The normalized spacial score (nSPS) is 10.8. The van der Waals surface area contributed by atoms with Gasteiger partial charge in [0.15, 0.2) is 0 Å². The first kappa shape index (κ1) is 18.0. The number of anilines is 2. The second-order valence-electron chi connectivity index (χ2n) is 5.36. The number of benzene rings is 2. The molecule has 0 atom stereocenters. The number of nitro benzene ring substituents is 1. The average molecular weight is 383 g/mol. The Morgan fingerprint density at radius 1 is 1.26 bits per heavy atom. The van der Waals surface area contributed by atoms with Gasteiger partial charge in [-0.2, -0.15) is 5.10 Å². The first-order chi connectivity index (χ1) is 12.9. The van der Waals surface area contributed by atoms with Crippen molar-refractivity contribution in [3.05, 3.63) is 69.1 Å². The number of thiazole rings is 1. The summed E-state index contributed by atoms with van der Waals surface area (Å²) in [5, 5.41) is 26.5. The molecule has 9 nitrogen and oxygen atoms in total. The maximum Gasteiger partial charge on any atom is 0.342 e. The van der Waals surface area contributed by atoms with E-state index in [1.165, 1.54) is 29.5 Å². The highest BCUT2D eigenvalue weighted by Gasteiger charge is 2.20. The molecule has 136 valence electrons. The van der Waals surface area contributed by atoms with Crippen molar-refractivity contribution in [3.63, 3.8) is 0 Å². The molecule has 0 bridgehead atoms. The van der Waals surface area contributed by atoms with Crippen molar-refractivity contribution >= 4 is 40.2 Å². The minimum Gasteiger partial charge on any atom is -0.477 e. The van der Waals surface area contributed by atoms with Crippen molar-refractivity contribution in [2.45, 2.75) is 0 Å². The van der Waals surface area contributed by atoms with E-state index in [9.17, 15) is 14.9 Å². The van der Waals surface area contributed by atoms with E-state index in [2.05, 4.69) is 15.5 Å². The van der Waals surface area contributed by atoms with Crippen LogP contribution in [0.1, 0.15) is 15.9 Å². The Bertz CT molecular complexity index is 1030. The van der Waals surface area contributed by atoms with Crippen LogP contribution in [0.4, 0.5) is 16.6 Å². The van der Waals surface area contributed by atoms with Gasteiger partial charge in [-0.1, -0.05) is 30.3 Å². The molecular weight excluding hydrogens is 370 g/mol. The molecule has 2 aromatic carbocycles. The van der Waals surface area contributed by atoms with Crippen LogP contribution in [-0.2, 0) is 0 Å². The molecule has 0 amide bonds. The Kier molecular flexibility index (Phi) is 5.08. The van der Waals surface area contributed by atoms with Gasteiger partial charge < -0.3 is 10.8 Å². The van der Waals surface area contributed by atoms with E-state index < -0.39 is 16.6 Å². The lowest BCUT2D eigenvalue weighted by molar-refractivity contribution is -0.385. The second kappa shape index (κ2) is 7.62. The van der Waals surface area contributed by atoms with Gasteiger partial charge in [-0.15, -0.1) is 11.3 Å². The number of nitro groups is 1. The molecule has 0 fully saturated rings. The molecule has 1 heterocycles. The number of nitrogens with zero attached hydrogens (tertiary/aromatic N) is 3. The number of carbonyl (C=O) groups is 1. The molecule has 0 unspecified atom stereocenters. The lowest BCUT2D eigenvalue weighted by atomic mass is 10.0. The fourth-order valence-corrected chi connectivity index (χ4v) is 2.85. The number of nitrogen functional groups attached to an aromatic ring is 1. The Balaban J connectivity index is 1.78. The minimum atomic E-state index is -1.34. The lowest BCUT2D eigenvalue weighted by Crippen LogP contribution is -2.02. The van der Waals surface area contributed by atoms with E-state index in [-0.39, 0.29) is 5.56 Å². The summed E-state index contributed by atoms with van der Waals surface area (Å²) in [6, 6.07) is 11.1. The number of aromatic carboxylic acids is 1. The molecule has 0 aliphatic carbocycles. The van der Waals surface area contributed by atoms with E-state index in [4.69, 9.17) is 10.8 Å². The topological polar surface area (TPSA) is 144 Å². The highest BCUT2D eigenvalue weighted by atomic mass is 32.1. The summed E-state index contributed by atoms with van der Waals surface area (Å²) in [5.74, 6) is -0.917. The van der Waals surface area contributed by atoms with Gasteiger partial charge in [-0.3, -0.25) is 15.5 Å². The Morgan fingerprint density at radius 3 is 2.56 bits per heavy atom. The SMILES string of the molecule is Nc1csc(NN=Cc2ccc(-c3ccc(C(=O)O)c([N+](=O)[O-])c3)cc2)n1. The molecule has 0 saturated heterocycles. The average Bonchev–Trinajstić information content (AvgIpc) is 3.07. The third-order valence-corrected chi connectivity index (χ3v) is 4.33. The zero-order valence-electron chi connectivity index (χ0n) is 13.7. The van der Waals surface area contributed by atoms with Crippen LogP contribution in [-0.4, -0.2) is 27.2 Å². The van der Waals surface area contributed by atoms with Gasteiger partial charge in [-0.25, -0.2) is 9.78 Å². The standard InChI is InChI=1S/C17H13N5O4S/c18-15-9-27-17(20-15)21-19-8-10-1-3-11(4-2-10)12-5-6-13(16(23)24)14(7-12)22(25)26/h1-9H,18H2,(H,20,21)(H,23,24). The van der Waals surface area contributed by atoms with Gasteiger partial charge in [0, 0.05) is 11.4 Å². The molecule has 27 heavy (non-hydrogen) atoms. The summed E-state index contributed by atoms with van der Waals surface area (Å²) >= 11 is 1.33. The third kappa shape index (κ3) is 4.25. The predicted octanol–water partition coefficient (Wildman–Crippen LogP) is 3.44. The van der Waals surface area contributed by atoms with Crippen molar-refractivity contribution < 1.29 is 14.8 Å². The highest BCUT2D eigenvalue weighted by Crippen LogP contribution is 2.27. The minimum absolute atomic E-state index is 0.346. The van der Waals surface area contributed by atoms with E-state index in [0.29, 0.717) is 22.1 Å². The van der Waals surface area contributed by atoms with Crippen LogP contribution >= 0.6 is 11.3 Å². The van der Waals surface area contributed by atoms with Crippen LogP contribution in [0, 0.1) is 10.1 Å².